The molecule has 16 heavy (non-hydrogen) atoms. The van der Waals surface area contributed by atoms with E-state index in [1.165, 1.54) is 19.2 Å². The minimum Gasteiger partial charge on any atom is -0.494 e. The average molecular weight is 225 g/mol. The van der Waals surface area contributed by atoms with Crippen molar-refractivity contribution in [1.29, 1.82) is 0 Å². The maximum atomic E-state index is 13.3. The van der Waals surface area contributed by atoms with Gasteiger partial charge in [-0.2, -0.15) is 0 Å². The summed E-state index contributed by atoms with van der Waals surface area (Å²) in [7, 11) is 1.39. The lowest BCUT2D eigenvalue weighted by Gasteiger charge is -2.08. The summed E-state index contributed by atoms with van der Waals surface area (Å²) in [6.07, 6.45) is 0. The van der Waals surface area contributed by atoms with Crippen LogP contribution in [0.2, 0.25) is 0 Å². The lowest BCUT2D eigenvalue weighted by atomic mass is 10.1. The van der Waals surface area contributed by atoms with E-state index in [1.54, 1.807) is 6.07 Å². The van der Waals surface area contributed by atoms with Crippen molar-refractivity contribution in [1.82, 2.24) is 5.32 Å². The van der Waals surface area contributed by atoms with Gasteiger partial charge in [0, 0.05) is 11.6 Å². The van der Waals surface area contributed by atoms with Crippen molar-refractivity contribution in [2.75, 3.05) is 13.7 Å². The molecule has 0 atom stereocenters. The van der Waals surface area contributed by atoms with Gasteiger partial charge in [0.25, 0.3) is 0 Å². The van der Waals surface area contributed by atoms with E-state index in [0.29, 0.717) is 5.56 Å². The van der Waals surface area contributed by atoms with Gasteiger partial charge in [0.05, 0.1) is 13.7 Å². The lowest BCUT2D eigenvalue weighted by molar-refractivity contribution is 0.0988. The summed E-state index contributed by atoms with van der Waals surface area (Å²) in [6.45, 7) is 4.10. The van der Waals surface area contributed by atoms with Crippen molar-refractivity contribution in [2.24, 2.45) is 0 Å². The molecule has 88 valence electrons. The Balaban J connectivity index is 2.73. The molecule has 4 heteroatoms. The van der Waals surface area contributed by atoms with Crippen LogP contribution in [0.1, 0.15) is 24.2 Å². The van der Waals surface area contributed by atoms with Crippen LogP contribution < -0.4 is 10.1 Å². The first-order valence-corrected chi connectivity index (χ1v) is 5.14. The van der Waals surface area contributed by atoms with Gasteiger partial charge < -0.3 is 10.1 Å². The van der Waals surface area contributed by atoms with Gasteiger partial charge >= 0.3 is 0 Å². The van der Waals surface area contributed by atoms with Crippen LogP contribution in [0.4, 0.5) is 4.39 Å². The number of ketones is 1. The fourth-order valence-corrected chi connectivity index (χ4v) is 1.24. The van der Waals surface area contributed by atoms with Crippen molar-refractivity contribution in [3.63, 3.8) is 0 Å². The maximum absolute atomic E-state index is 13.3. The number of carbonyl (C=O) groups is 1. The van der Waals surface area contributed by atoms with E-state index >= 15 is 0 Å². The zero-order valence-corrected chi connectivity index (χ0v) is 9.71. The number of methoxy groups -OCH3 is 1. The third-order valence-corrected chi connectivity index (χ3v) is 2.14. The van der Waals surface area contributed by atoms with Gasteiger partial charge in [-0.25, -0.2) is 4.39 Å². The van der Waals surface area contributed by atoms with E-state index in [2.05, 4.69) is 5.32 Å². The van der Waals surface area contributed by atoms with Crippen LogP contribution in [0.25, 0.3) is 0 Å². The second-order valence-electron chi connectivity index (χ2n) is 3.81. The molecule has 0 aromatic heterocycles. The second kappa shape index (κ2) is 5.61. The zero-order chi connectivity index (χ0) is 12.1. The summed E-state index contributed by atoms with van der Waals surface area (Å²) in [5, 5.41) is 2.99. The first kappa shape index (κ1) is 12.6. The van der Waals surface area contributed by atoms with Gasteiger partial charge in [-0.05, 0) is 18.2 Å². The van der Waals surface area contributed by atoms with Crippen LogP contribution in [0, 0.1) is 5.82 Å². The van der Waals surface area contributed by atoms with Crippen molar-refractivity contribution in [3.8, 4) is 5.75 Å². The fourth-order valence-electron chi connectivity index (χ4n) is 1.24. The van der Waals surface area contributed by atoms with E-state index in [9.17, 15) is 9.18 Å². The molecule has 3 nitrogen and oxygen atoms in total. The minimum absolute atomic E-state index is 0.129. The van der Waals surface area contributed by atoms with E-state index in [1.807, 2.05) is 13.8 Å². The molecule has 0 saturated carbocycles. The molecule has 0 radical (unpaired) electrons. The Morgan fingerprint density at radius 3 is 2.69 bits per heavy atom. The molecular formula is C12H16FNO2. The molecule has 1 aromatic rings. The molecule has 0 bridgehead atoms. The summed E-state index contributed by atoms with van der Waals surface area (Å²) in [6, 6.07) is 4.44. The Labute approximate surface area is 94.6 Å². The van der Waals surface area contributed by atoms with Gasteiger partial charge in [-0.15, -0.1) is 0 Å². The number of rotatable bonds is 5. The van der Waals surface area contributed by atoms with Crippen LogP contribution in [0.15, 0.2) is 18.2 Å². The van der Waals surface area contributed by atoms with Gasteiger partial charge in [-0.3, -0.25) is 4.79 Å². The molecule has 1 rings (SSSR count). The van der Waals surface area contributed by atoms with Crippen molar-refractivity contribution in [3.05, 3.63) is 29.6 Å². The number of hydrogen-bond donors (Lipinski definition) is 1. The number of Topliss-reactive ketones (excluding diaryl/α,β-unsaturated/α-hetero) is 1. The molecular weight excluding hydrogens is 209 g/mol. The second-order valence-corrected chi connectivity index (χ2v) is 3.81. The first-order valence-electron chi connectivity index (χ1n) is 5.14. The molecule has 1 N–H and O–H groups in total. The Morgan fingerprint density at radius 2 is 2.19 bits per heavy atom. The van der Waals surface area contributed by atoms with Crippen molar-refractivity contribution < 1.29 is 13.9 Å². The van der Waals surface area contributed by atoms with Crippen LogP contribution in [-0.2, 0) is 0 Å². The number of benzene rings is 1. The summed E-state index contributed by atoms with van der Waals surface area (Å²) < 4.78 is 18.1. The predicted octanol–water partition coefficient (Wildman–Crippen LogP) is 2.01. The zero-order valence-electron chi connectivity index (χ0n) is 9.71. The highest BCUT2D eigenvalue weighted by atomic mass is 19.1. The third-order valence-electron chi connectivity index (χ3n) is 2.14. The summed E-state index contributed by atoms with van der Waals surface area (Å²) >= 11 is 0. The van der Waals surface area contributed by atoms with Crippen LogP contribution in [-0.4, -0.2) is 25.5 Å². The number of carbonyl (C=O) groups excluding carboxylic acids is 1. The van der Waals surface area contributed by atoms with Crippen LogP contribution in [0.3, 0.4) is 0 Å². The highest BCUT2D eigenvalue weighted by Crippen LogP contribution is 2.17. The van der Waals surface area contributed by atoms with Gasteiger partial charge in [0.1, 0.15) is 0 Å². The molecule has 1 aromatic carbocycles. The smallest absolute Gasteiger partial charge is 0.176 e. The Morgan fingerprint density at radius 1 is 1.50 bits per heavy atom. The van der Waals surface area contributed by atoms with E-state index < -0.39 is 5.82 Å². The molecule has 0 saturated heterocycles. The third kappa shape index (κ3) is 3.31. The van der Waals surface area contributed by atoms with Gasteiger partial charge in [-0.1, -0.05) is 13.8 Å². The normalized spacial score (nSPS) is 10.6. The topological polar surface area (TPSA) is 38.3 Å². The fraction of sp³-hybridized carbons (Fsp3) is 0.417. The number of ether oxygens (including phenoxy) is 1. The maximum Gasteiger partial charge on any atom is 0.176 e. The number of nitrogens with one attached hydrogen (secondary N) is 1. The van der Waals surface area contributed by atoms with Crippen molar-refractivity contribution >= 4 is 5.78 Å². The molecule has 0 aliphatic rings. The summed E-state index contributed by atoms with van der Waals surface area (Å²) in [4.78, 5) is 11.6. The quantitative estimate of drug-likeness (QED) is 0.779. The molecule has 0 spiro atoms. The summed E-state index contributed by atoms with van der Waals surface area (Å²) in [5.74, 6) is -0.499. The van der Waals surface area contributed by atoms with Gasteiger partial charge in [0.15, 0.2) is 17.3 Å². The Kier molecular flexibility index (Phi) is 4.43. The molecule has 0 fully saturated rings. The average Bonchev–Trinajstić information content (AvgIpc) is 2.25. The summed E-state index contributed by atoms with van der Waals surface area (Å²) in [5.41, 5.74) is 0.353. The molecule has 0 heterocycles. The van der Waals surface area contributed by atoms with E-state index in [-0.39, 0.29) is 24.1 Å². The number of hydrogen-bond acceptors (Lipinski definition) is 3. The highest BCUT2D eigenvalue weighted by Gasteiger charge is 2.10. The SMILES string of the molecule is COc1ccc(C(=O)CNC(C)C)cc1F. The van der Waals surface area contributed by atoms with E-state index in [4.69, 9.17) is 4.74 Å². The number of halogens is 1. The first-order chi connectivity index (χ1) is 7.54. The molecule has 0 amide bonds. The predicted molar refractivity (Wildman–Crippen MR) is 60.4 cm³/mol. The highest BCUT2D eigenvalue weighted by molar-refractivity contribution is 5.97. The lowest BCUT2D eigenvalue weighted by Crippen LogP contribution is -2.29. The largest absolute Gasteiger partial charge is 0.494 e. The Bertz CT molecular complexity index is 377. The van der Waals surface area contributed by atoms with Gasteiger partial charge in [0.2, 0.25) is 0 Å². The molecule has 0 aliphatic carbocycles. The Hall–Kier alpha value is -1.42. The monoisotopic (exact) mass is 225 g/mol. The van der Waals surface area contributed by atoms with E-state index in [0.717, 1.165) is 0 Å². The minimum atomic E-state index is -0.516. The molecule has 0 aliphatic heterocycles. The van der Waals surface area contributed by atoms with Crippen molar-refractivity contribution in [2.45, 2.75) is 19.9 Å². The molecule has 0 unspecified atom stereocenters. The van der Waals surface area contributed by atoms with Crippen LogP contribution in [0.5, 0.6) is 5.75 Å². The standard InChI is InChI=1S/C12H16FNO2/c1-8(2)14-7-11(15)9-4-5-12(16-3)10(13)6-9/h4-6,8,14H,7H2,1-3H3. The van der Waals surface area contributed by atoms with Crippen LogP contribution >= 0.6 is 0 Å².